The molecule has 1 aliphatic heterocycles. The minimum absolute atomic E-state index is 0.115. The minimum atomic E-state index is 0.115. The van der Waals surface area contributed by atoms with Gasteiger partial charge in [0.2, 0.25) is 0 Å². The van der Waals surface area contributed by atoms with Crippen molar-refractivity contribution in [2.45, 2.75) is 54.4 Å². The summed E-state index contributed by atoms with van der Waals surface area (Å²) in [6.45, 7) is 17.8. The van der Waals surface area contributed by atoms with E-state index in [1.54, 1.807) is 6.92 Å². The maximum Gasteiger partial charge on any atom is 0.160 e. The standard InChI is InChI=1S/C30H40N4O/c1-7-11-32-12-14-33(15-13-32)27-10-9-25(29(18-27)24(6)35)16-28(21(3)8-2)26-17-30-23(5)31-22(4)19-34(30)20-26/h9-10,16-21H,7-8,11-15H2,1-6H3/b28-16+. The Morgan fingerprint density at radius 2 is 1.83 bits per heavy atom. The summed E-state index contributed by atoms with van der Waals surface area (Å²) in [5.74, 6) is 0.483. The number of ketones is 1. The number of Topliss-reactive ketones (excluding diaryl/α,β-unsaturated/α-hetero) is 1. The van der Waals surface area contributed by atoms with Crippen molar-refractivity contribution in [3.8, 4) is 0 Å². The number of hydrogen-bond donors (Lipinski definition) is 0. The molecular weight excluding hydrogens is 432 g/mol. The number of carbonyl (C=O) groups excluding carboxylic acids is 1. The SMILES string of the molecule is CCCN1CCN(c2ccc(/C=C(/c3cc4c(C)nc(C)cn4c3)C(C)CC)c(C(C)=O)c2)CC1. The van der Waals surface area contributed by atoms with Gasteiger partial charge in [-0.25, -0.2) is 0 Å². The van der Waals surface area contributed by atoms with E-state index < -0.39 is 0 Å². The molecule has 0 radical (unpaired) electrons. The monoisotopic (exact) mass is 472 g/mol. The molecule has 0 bridgehead atoms. The largest absolute Gasteiger partial charge is 0.369 e. The van der Waals surface area contributed by atoms with Crippen LogP contribution in [0.1, 0.15) is 73.4 Å². The third-order valence-electron chi connectivity index (χ3n) is 7.37. The number of allylic oxidation sites excluding steroid dienone is 1. The summed E-state index contributed by atoms with van der Waals surface area (Å²) in [4.78, 5) is 22.3. The number of piperazine rings is 1. The van der Waals surface area contributed by atoms with Gasteiger partial charge in [0.05, 0.1) is 16.9 Å². The molecule has 5 heteroatoms. The van der Waals surface area contributed by atoms with Gasteiger partial charge < -0.3 is 9.30 Å². The molecule has 1 unspecified atom stereocenters. The first-order valence-electron chi connectivity index (χ1n) is 13.1. The maximum atomic E-state index is 12.8. The molecule has 1 aliphatic rings. The van der Waals surface area contributed by atoms with Crippen LogP contribution >= 0.6 is 0 Å². The summed E-state index contributed by atoms with van der Waals surface area (Å²) in [5.41, 5.74) is 8.59. The highest BCUT2D eigenvalue weighted by Gasteiger charge is 2.19. The lowest BCUT2D eigenvalue weighted by molar-refractivity contribution is 0.101. The zero-order chi connectivity index (χ0) is 25.1. The van der Waals surface area contributed by atoms with E-state index in [0.717, 1.165) is 66.3 Å². The smallest absolute Gasteiger partial charge is 0.160 e. The number of fused-ring (bicyclic) bond motifs is 1. The topological polar surface area (TPSA) is 40.9 Å². The summed E-state index contributed by atoms with van der Waals surface area (Å²) in [6.07, 6.45) is 8.74. The zero-order valence-electron chi connectivity index (χ0n) is 22.3. The normalized spacial score (nSPS) is 16.2. The number of anilines is 1. The fraction of sp³-hybridized carbons (Fsp3) is 0.467. The number of nitrogens with zero attached hydrogens (tertiary/aromatic N) is 4. The Hall–Kier alpha value is -2.92. The maximum absolute atomic E-state index is 12.8. The van der Waals surface area contributed by atoms with Gasteiger partial charge in [0, 0.05) is 49.8 Å². The van der Waals surface area contributed by atoms with Crippen LogP contribution in [-0.2, 0) is 0 Å². The second-order valence-corrected chi connectivity index (χ2v) is 10.1. The number of benzene rings is 1. The van der Waals surface area contributed by atoms with Crippen LogP contribution < -0.4 is 4.90 Å². The number of aromatic nitrogens is 2. The fourth-order valence-electron chi connectivity index (χ4n) is 5.20. The molecule has 5 nitrogen and oxygen atoms in total. The predicted octanol–water partition coefficient (Wildman–Crippen LogP) is 6.27. The average molecular weight is 473 g/mol. The third kappa shape index (κ3) is 5.51. The van der Waals surface area contributed by atoms with Crippen LogP contribution in [0.25, 0.3) is 17.2 Å². The molecule has 0 N–H and O–H groups in total. The molecule has 1 fully saturated rings. The van der Waals surface area contributed by atoms with Gasteiger partial charge in [0.1, 0.15) is 0 Å². The van der Waals surface area contributed by atoms with Gasteiger partial charge in [-0.2, -0.15) is 0 Å². The van der Waals surface area contributed by atoms with E-state index in [1.165, 1.54) is 24.1 Å². The highest BCUT2D eigenvalue weighted by atomic mass is 16.1. The van der Waals surface area contributed by atoms with Gasteiger partial charge in [-0.05, 0) is 81.0 Å². The van der Waals surface area contributed by atoms with Crippen LogP contribution in [0.15, 0.2) is 36.7 Å². The average Bonchev–Trinajstić information content (AvgIpc) is 3.26. The van der Waals surface area contributed by atoms with E-state index in [0.29, 0.717) is 5.92 Å². The van der Waals surface area contributed by atoms with Crippen LogP contribution in [0.2, 0.25) is 0 Å². The van der Waals surface area contributed by atoms with Crippen LogP contribution in [0.4, 0.5) is 5.69 Å². The van der Waals surface area contributed by atoms with Gasteiger partial charge in [0.15, 0.2) is 5.78 Å². The van der Waals surface area contributed by atoms with Crippen LogP contribution in [-0.4, -0.2) is 52.8 Å². The fourth-order valence-corrected chi connectivity index (χ4v) is 5.20. The van der Waals surface area contributed by atoms with Crippen molar-refractivity contribution >= 4 is 28.6 Å². The highest BCUT2D eigenvalue weighted by molar-refractivity contribution is 6.00. The molecule has 4 rings (SSSR count). The first-order chi connectivity index (χ1) is 16.8. The summed E-state index contributed by atoms with van der Waals surface area (Å²) >= 11 is 0. The molecule has 0 saturated carbocycles. The Morgan fingerprint density at radius 1 is 1.09 bits per heavy atom. The quantitative estimate of drug-likeness (QED) is 0.362. The van der Waals surface area contributed by atoms with Crippen molar-refractivity contribution in [3.63, 3.8) is 0 Å². The predicted molar refractivity (Wildman–Crippen MR) is 147 cm³/mol. The summed E-state index contributed by atoms with van der Waals surface area (Å²) in [6, 6.07) is 8.66. The lowest BCUT2D eigenvalue weighted by atomic mass is 9.90. The Balaban J connectivity index is 1.71. The molecule has 3 aromatic rings. The summed E-state index contributed by atoms with van der Waals surface area (Å²) < 4.78 is 2.18. The first kappa shape index (κ1) is 25.2. The molecular formula is C30H40N4O. The summed E-state index contributed by atoms with van der Waals surface area (Å²) in [7, 11) is 0. The van der Waals surface area contributed by atoms with Crippen molar-refractivity contribution in [3.05, 3.63) is 64.7 Å². The number of aryl methyl sites for hydroxylation is 2. The molecule has 1 saturated heterocycles. The van der Waals surface area contributed by atoms with E-state index in [-0.39, 0.29) is 5.78 Å². The second-order valence-electron chi connectivity index (χ2n) is 10.1. The second kappa shape index (κ2) is 10.8. The number of carbonyl (C=O) groups is 1. The molecule has 3 heterocycles. The van der Waals surface area contributed by atoms with Crippen molar-refractivity contribution in [1.29, 1.82) is 0 Å². The van der Waals surface area contributed by atoms with E-state index in [1.807, 2.05) is 6.92 Å². The van der Waals surface area contributed by atoms with Gasteiger partial charge in [-0.1, -0.05) is 32.9 Å². The lowest BCUT2D eigenvalue weighted by Gasteiger charge is -2.36. The van der Waals surface area contributed by atoms with Crippen LogP contribution in [0.3, 0.4) is 0 Å². The Morgan fingerprint density at radius 3 is 2.49 bits per heavy atom. The van der Waals surface area contributed by atoms with E-state index in [9.17, 15) is 4.79 Å². The molecule has 1 atom stereocenters. The van der Waals surface area contributed by atoms with Crippen LogP contribution in [0.5, 0.6) is 0 Å². The van der Waals surface area contributed by atoms with Gasteiger partial charge in [-0.3, -0.25) is 14.7 Å². The van der Waals surface area contributed by atoms with E-state index in [4.69, 9.17) is 0 Å². The van der Waals surface area contributed by atoms with Gasteiger partial charge in [0.25, 0.3) is 0 Å². The molecule has 186 valence electrons. The summed E-state index contributed by atoms with van der Waals surface area (Å²) in [5, 5.41) is 0. The molecule has 0 aliphatic carbocycles. The van der Waals surface area contributed by atoms with Crippen molar-refractivity contribution in [2.75, 3.05) is 37.6 Å². The van der Waals surface area contributed by atoms with Crippen molar-refractivity contribution in [2.24, 2.45) is 5.92 Å². The zero-order valence-corrected chi connectivity index (χ0v) is 22.3. The Bertz CT molecular complexity index is 1230. The molecule has 2 aromatic heterocycles. The number of rotatable bonds is 8. The number of hydrogen-bond acceptors (Lipinski definition) is 4. The Labute approximate surface area is 210 Å². The first-order valence-corrected chi connectivity index (χ1v) is 13.1. The van der Waals surface area contributed by atoms with Crippen molar-refractivity contribution in [1.82, 2.24) is 14.3 Å². The molecule has 35 heavy (non-hydrogen) atoms. The minimum Gasteiger partial charge on any atom is -0.369 e. The van der Waals surface area contributed by atoms with Gasteiger partial charge in [-0.15, -0.1) is 0 Å². The Kier molecular flexibility index (Phi) is 7.75. The molecule has 1 aromatic carbocycles. The van der Waals surface area contributed by atoms with Crippen LogP contribution in [0, 0.1) is 19.8 Å². The van der Waals surface area contributed by atoms with Crippen molar-refractivity contribution < 1.29 is 4.79 Å². The van der Waals surface area contributed by atoms with E-state index >= 15 is 0 Å². The third-order valence-corrected chi connectivity index (χ3v) is 7.37. The van der Waals surface area contributed by atoms with E-state index in [2.05, 4.69) is 89.6 Å². The van der Waals surface area contributed by atoms with Gasteiger partial charge >= 0.3 is 0 Å². The highest BCUT2D eigenvalue weighted by Crippen LogP contribution is 2.32. The molecule has 0 spiro atoms. The molecule has 0 amide bonds. The lowest BCUT2D eigenvalue weighted by Crippen LogP contribution is -2.46.